The van der Waals surface area contributed by atoms with E-state index in [0.717, 1.165) is 29.7 Å². The van der Waals surface area contributed by atoms with Crippen molar-refractivity contribution in [3.63, 3.8) is 0 Å². The van der Waals surface area contributed by atoms with E-state index in [1.807, 2.05) is 76.2 Å². The molecule has 2 aromatic carbocycles. The number of ether oxygens (including phenoxy) is 2. The third kappa shape index (κ3) is 6.01. The van der Waals surface area contributed by atoms with E-state index in [4.69, 9.17) is 20.3 Å². The molecule has 0 saturated carbocycles. The van der Waals surface area contributed by atoms with Gasteiger partial charge in [-0.3, -0.25) is 9.48 Å². The van der Waals surface area contributed by atoms with Gasteiger partial charge in [0.2, 0.25) is 0 Å². The zero-order valence-electron chi connectivity index (χ0n) is 20.7. The summed E-state index contributed by atoms with van der Waals surface area (Å²) in [7, 11) is 0. The fourth-order valence-corrected chi connectivity index (χ4v) is 4.13. The van der Waals surface area contributed by atoms with Gasteiger partial charge in [0.15, 0.2) is 0 Å². The van der Waals surface area contributed by atoms with Gasteiger partial charge in [-0.25, -0.2) is 4.79 Å². The molecule has 0 aliphatic carbocycles. The van der Waals surface area contributed by atoms with Crippen molar-refractivity contribution in [2.24, 2.45) is 5.73 Å². The van der Waals surface area contributed by atoms with Gasteiger partial charge in [-0.2, -0.15) is 5.10 Å². The molecule has 2 heterocycles. The fraction of sp³-hybridized carbons (Fsp3) is 0.370. The molecule has 1 aliphatic heterocycles. The third-order valence-corrected chi connectivity index (χ3v) is 5.77. The summed E-state index contributed by atoms with van der Waals surface area (Å²) in [5.41, 5.74) is 7.85. The van der Waals surface area contributed by atoms with E-state index in [2.05, 4.69) is 0 Å². The SMILES string of the molecule is Cc1cccc(Oc2ccc(-c3nn(C4CCCN(C(=O)OC(C)(C)C)C4)cc3C(N)=O)cc2)c1. The van der Waals surface area contributed by atoms with Crippen LogP contribution in [0.15, 0.2) is 54.7 Å². The second-order valence-corrected chi connectivity index (χ2v) is 9.90. The van der Waals surface area contributed by atoms with E-state index in [0.29, 0.717) is 30.1 Å². The first-order valence-electron chi connectivity index (χ1n) is 11.8. The number of aromatic nitrogens is 2. The summed E-state index contributed by atoms with van der Waals surface area (Å²) in [6.45, 7) is 8.64. The first-order valence-corrected chi connectivity index (χ1v) is 11.8. The highest BCUT2D eigenvalue weighted by molar-refractivity contribution is 5.98. The van der Waals surface area contributed by atoms with Crippen molar-refractivity contribution in [1.82, 2.24) is 14.7 Å². The molecule has 0 bridgehead atoms. The minimum atomic E-state index is -0.558. The van der Waals surface area contributed by atoms with Gasteiger partial charge in [0.05, 0.1) is 11.6 Å². The van der Waals surface area contributed by atoms with Crippen LogP contribution in [0.5, 0.6) is 11.5 Å². The Hall–Kier alpha value is -3.81. The molecule has 1 atom stereocenters. The number of rotatable bonds is 5. The Kier molecular flexibility index (Phi) is 6.82. The van der Waals surface area contributed by atoms with Crippen molar-refractivity contribution in [3.05, 3.63) is 65.9 Å². The number of aryl methyl sites for hydroxylation is 1. The molecule has 8 nitrogen and oxygen atoms in total. The molecule has 8 heteroatoms. The molecule has 2 N–H and O–H groups in total. The van der Waals surface area contributed by atoms with Crippen LogP contribution in [0.2, 0.25) is 0 Å². The quantitative estimate of drug-likeness (QED) is 0.537. The molecule has 0 radical (unpaired) electrons. The summed E-state index contributed by atoms with van der Waals surface area (Å²) < 4.78 is 13.2. The molecule has 35 heavy (non-hydrogen) atoms. The highest BCUT2D eigenvalue weighted by Crippen LogP contribution is 2.30. The van der Waals surface area contributed by atoms with Crippen LogP contribution in [0.3, 0.4) is 0 Å². The lowest BCUT2D eigenvalue weighted by Gasteiger charge is -2.34. The molecule has 1 aliphatic rings. The number of piperidine rings is 1. The van der Waals surface area contributed by atoms with Gasteiger partial charge in [0.1, 0.15) is 22.8 Å². The number of carbonyl (C=O) groups excluding carboxylic acids is 2. The second-order valence-electron chi connectivity index (χ2n) is 9.90. The highest BCUT2D eigenvalue weighted by Gasteiger charge is 2.30. The maximum Gasteiger partial charge on any atom is 0.410 e. The zero-order valence-corrected chi connectivity index (χ0v) is 20.7. The van der Waals surface area contributed by atoms with Gasteiger partial charge < -0.3 is 20.1 Å². The Balaban J connectivity index is 1.54. The topological polar surface area (TPSA) is 99.7 Å². The summed E-state index contributed by atoms with van der Waals surface area (Å²) in [6.07, 6.45) is 2.99. The Morgan fingerprint density at radius 2 is 1.83 bits per heavy atom. The average Bonchev–Trinajstić information content (AvgIpc) is 3.25. The number of carbonyl (C=O) groups is 2. The van der Waals surface area contributed by atoms with Crippen molar-refractivity contribution in [1.29, 1.82) is 0 Å². The molecule has 0 spiro atoms. The molecule has 3 aromatic rings. The first kappa shape index (κ1) is 24.3. The van der Waals surface area contributed by atoms with Crippen LogP contribution >= 0.6 is 0 Å². The van der Waals surface area contributed by atoms with E-state index in [9.17, 15) is 9.59 Å². The van der Waals surface area contributed by atoms with E-state index in [-0.39, 0.29) is 12.1 Å². The first-order chi connectivity index (χ1) is 16.6. The van der Waals surface area contributed by atoms with E-state index in [1.54, 1.807) is 15.8 Å². The highest BCUT2D eigenvalue weighted by atomic mass is 16.6. The van der Waals surface area contributed by atoms with Crippen molar-refractivity contribution in [3.8, 4) is 22.8 Å². The van der Waals surface area contributed by atoms with Gasteiger partial charge >= 0.3 is 6.09 Å². The fourth-order valence-electron chi connectivity index (χ4n) is 4.13. The number of amides is 2. The lowest BCUT2D eigenvalue weighted by Crippen LogP contribution is -2.43. The zero-order chi connectivity index (χ0) is 25.2. The van der Waals surface area contributed by atoms with E-state index >= 15 is 0 Å². The van der Waals surface area contributed by atoms with Gasteiger partial charge in [0.25, 0.3) is 5.91 Å². The molecule has 4 rings (SSSR count). The van der Waals surface area contributed by atoms with Crippen LogP contribution in [0, 0.1) is 6.92 Å². The maximum absolute atomic E-state index is 12.6. The predicted octanol–water partition coefficient (Wildman–Crippen LogP) is 5.32. The van der Waals surface area contributed by atoms with Crippen molar-refractivity contribution >= 4 is 12.0 Å². The van der Waals surface area contributed by atoms with Gasteiger partial charge in [-0.05, 0) is 82.5 Å². The summed E-state index contributed by atoms with van der Waals surface area (Å²) in [5, 5.41) is 4.72. The molecule has 1 fully saturated rings. The number of hydrogen-bond acceptors (Lipinski definition) is 5. The molecular weight excluding hydrogens is 444 g/mol. The summed E-state index contributed by atoms with van der Waals surface area (Å²) in [6, 6.07) is 15.1. The smallest absolute Gasteiger partial charge is 0.410 e. The van der Waals surface area contributed by atoms with Gasteiger partial charge in [-0.15, -0.1) is 0 Å². The largest absolute Gasteiger partial charge is 0.457 e. The molecule has 1 aromatic heterocycles. The Morgan fingerprint density at radius 3 is 2.49 bits per heavy atom. The Morgan fingerprint density at radius 1 is 1.09 bits per heavy atom. The molecule has 184 valence electrons. The Labute approximate surface area is 205 Å². The minimum absolute atomic E-state index is 0.0768. The number of benzene rings is 2. The number of nitrogens with zero attached hydrogens (tertiary/aromatic N) is 3. The standard InChI is InChI=1S/C27H32N4O4/c1-18-7-5-9-22(15-18)34-21-12-10-19(11-13-21)24-23(25(28)32)17-31(29-24)20-8-6-14-30(16-20)26(33)35-27(2,3)4/h5,7,9-13,15,17,20H,6,8,14,16H2,1-4H3,(H2,28,32). The monoisotopic (exact) mass is 476 g/mol. The number of likely N-dealkylation sites (tertiary alicyclic amines) is 1. The normalized spacial score (nSPS) is 16.1. The van der Waals surface area contributed by atoms with Crippen LogP contribution < -0.4 is 10.5 Å². The molecular formula is C27H32N4O4. The Bertz CT molecular complexity index is 1210. The van der Waals surface area contributed by atoms with Crippen LogP contribution in [0.4, 0.5) is 4.79 Å². The van der Waals surface area contributed by atoms with E-state index in [1.165, 1.54) is 0 Å². The number of primary amides is 1. The van der Waals surface area contributed by atoms with E-state index < -0.39 is 11.5 Å². The molecule has 1 unspecified atom stereocenters. The van der Waals surface area contributed by atoms with Crippen molar-refractivity contribution in [2.45, 2.75) is 52.2 Å². The second kappa shape index (κ2) is 9.82. The predicted molar refractivity (Wildman–Crippen MR) is 134 cm³/mol. The van der Waals surface area contributed by atoms with Gasteiger partial charge in [-0.1, -0.05) is 12.1 Å². The average molecular weight is 477 g/mol. The molecule has 1 saturated heterocycles. The lowest BCUT2D eigenvalue weighted by atomic mass is 10.1. The third-order valence-electron chi connectivity index (χ3n) is 5.77. The van der Waals surface area contributed by atoms with Crippen LogP contribution in [-0.2, 0) is 4.74 Å². The lowest BCUT2D eigenvalue weighted by molar-refractivity contribution is 0.0167. The van der Waals surface area contributed by atoms with Crippen molar-refractivity contribution in [2.75, 3.05) is 13.1 Å². The van der Waals surface area contributed by atoms with Gasteiger partial charge in [0, 0.05) is 24.8 Å². The molecule has 2 amide bonds. The van der Waals surface area contributed by atoms with Crippen molar-refractivity contribution < 1.29 is 19.1 Å². The summed E-state index contributed by atoms with van der Waals surface area (Å²) in [4.78, 5) is 26.5. The van der Waals surface area contributed by atoms with Crippen LogP contribution in [0.1, 0.15) is 55.6 Å². The van der Waals surface area contributed by atoms with Crippen LogP contribution in [-0.4, -0.2) is 45.4 Å². The number of nitrogens with two attached hydrogens (primary N) is 1. The summed E-state index contributed by atoms with van der Waals surface area (Å²) >= 11 is 0. The van der Waals surface area contributed by atoms with Crippen LogP contribution in [0.25, 0.3) is 11.3 Å². The minimum Gasteiger partial charge on any atom is -0.457 e. The number of hydrogen-bond donors (Lipinski definition) is 1. The summed E-state index contributed by atoms with van der Waals surface area (Å²) in [5.74, 6) is 0.887. The maximum atomic E-state index is 12.6.